The van der Waals surface area contributed by atoms with Crippen molar-refractivity contribution in [2.24, 2.45) is 0 Å². The fourth-order valence-corrected chi connectivity index (χ4v) is 2.24. The molecule has 0 spiro atoms. The lowest BCUT2D eigenvalue weighted by atomic mass is 10.1. The van der Waals surface area contributed by atoms with E-state index in [1.54, 1.807) is 24.3 Å². The molecule has 0 radical (unpaired) electrons. The van der Waals surface area contributed by atoms with Crippen molar-refractivity contribution in [3.05, 3.63) is 58.1 Å². The highest BCUT2D eigenvalue weighted by atomic mass is 35.5. The second kappa shape index (κ2) is 6.83. The number of rotatable bonds is 4. The monoisotopic (exact) mass is 322 g/mol. The molecule has 0 fully saturated rings. The molecule has 0 saturated heterocycles. The lowest BCUT2D eigenvalue weighted by molar-refractivity contribution is 0.102. The fourth-order valence-electron chi connectivity index (χ4n) is 1.90. The summed E-state index contributed by atoms with van der Waals surface area (Å²) in [5.41, 5.74) is 1.83. The molecule has 21 heavy (non-hydrogen) atoms. The Morgan fingerprint density at radius 3 is 2.48 bits per heavy atom. The summed E-state index contributed by atoms with van der Waals surface area (Å²) in [4.78, 5) is 12.4. The van der Waals surface area contributed by atoms with Crippen LogP contribution in [0.3, 0.4) is 0 Å². The Morgan fingerprint density at radius 2 is 1.76 bits per heavy atom. The van der Waals surface area contributed by atoms with E-state index in [1.165, 1.54) is 0 Å². The molecule has 110 valence electrons. The van der Waals surface area contributed by atoms with Gasteiger partial charge in [-0.2, -0.15) is 0 Å². The number of benzene rings is 2. The van der Waals surface area contributed by atoms with Gasteiger partial charge in [0.05, 0.1) is 16.3 Å². The first-order chi connectivity index (χ1) is 9.97. The number of nitrogens with one attached hydrogen (secondary N) is 2. The average Bonchev–Trinajstić information content (AvgIpc) is 2.42. The molecule has 0 atom stereocenters. The lowest BCUT2D eigenvalue weighted by Crippen LogP contribution is -2.17. The van der Waals surface area contributed by atoms with Gasteiger partial charge in [0, 0.05) is 16.8 Å². The summed E-state index contributed by atoms with van der Waals surface area (Å²) in [7, 11) is 0. The van der Waals surface area contributed by atoms with Gasteiger partial charge in [-0.25, -0.2) is 0 Å². The Hall–Kier alpha value is -1.71. The molecule has 0 saturated carbocycles. The third-order valence-corrected chi connectivity index (χ3v) is 3.36. The van der Waals surface area contributed by atoms with Gasteiger partial charge in [-0.05, 0) is 44.2 Å². The van der Waals surface area contributed by atoms with Crippen molar-refractivity contribution in [2.45, 2.75) is 19.9 Å². The third-order valence-electron chi connectivity index (χ3n) is 2.79. The van der Waals surface area contributed by atoms with E-state index in [2.05, 4.69) is 10.6 Å². The molecular formula is C16H16Cl2N2O. The van der Waals surface area contributed by atoms with Gasteiger partial charge in [-0.3, -0.25) is 4.79 Å². The van der Waals surface area contributed by atoms with E-state index in [9.17, 15) is 4.79 Å². The average molecular weight is 323 g/mol. The van der Waals surface area contributed by atoms with Crippen molar-refractivity contribution in [2.75, 3.05) is 10.6 Å². The molecule has 2 aromatic rings. The SMILES string of the molecule is CC(C)Nc1ccccc1C(=O)Nc1cc(Cl)ccc1Cl. The van der Waals surface area contributed by atoms with Crippen LogP contribution in [0.15, 0.2) is 42.5 Å². The lowest BCUT2D eigenvalue weighted by Gasteiger charge is -2.15. The van der Waals surface area contributed by atoms with E-state index >= 15 is 0 Å². The first kappa shape index (κ1) is 15.7. The van der Waals surface area contributed by atoms with E-state index in [0.717, 1.165) is 5.69 Å². The zero-order valence-electron chi connectivity index (χ0n) is 11.8. The molecule has 0 aliphatic carbocycles. The molecule has 1 amide bonds. The maximum Gasteiger partial charge on any atom is 0.257 e. The largest absolute Gasteiger partial charge is 0.382 e. The molecule has 0 unspecified atom stereocenters. The molecular weight excluding hydrogens is 307 g/mol. The van der Waals surface area contributed by atoms with Crippen molar-refractivity contribution in [1.82, 2.24) is 0 Å². The topological polar surface area (TPSA) is 41.1 Å². The summed E-state index contributed by atoms with van der Waals surface area (Å²) < 4.78 is 0. The van der Waals surface area contributed by atoms with E-state index in [0.29, 0.717) is 21.3 Å². The predicted molar refractivity (Wildman–Crippen MR) is 89.6 cm³/mol. The zero-order valence-corrected chi connectivity index (χ0v) is 13.3. The van der Waals surface area contributed by atoms with Gasteiger partial charge in [-0.15, -0.1) is 0 Å². The Kier molecular flexibility index (Phi) is 5.10. The van der Waals surface area contributed by atoms with Gasteiger partial charge in [0.25, 0.3) is 5.91 Å². The highest BCUT2D eigenvalue weighted by Crippen LogP contribution is 2.26. The quantitative estimate of drug-likeness (QED) is 0.825. The van der Waals surface area contributed by atoms with E-state index in [1.807, 2.05) is 32.0 Å². The van der Waals surface area contributed by atoms with Crippen LogP contribution in [0.1, 0.15) is 24.2 Å². The number of para-hydroxylation sites is 1. The van der Waals surface area contributed by atoms with Crippen molar-refractivity contribution < 1.29 is 4.79 Å². The first-order valence-corrected chi connectivity index (χ1v) is 7.35. The number of hydrogen-bond donors (Lipinski definition) is 2. The summed E-state index contributed by atoms with van der Waals surface area (Å²) in [5, 5.41) is 7.00. The number of anilines is 2. The molecule has 0 aromatic heterocycles. The summed E-state index contributed by atoms with van der Waals surface area (Å²) in [6.07, 6.45) is 0. The second-order valence-electron chi connectivity index (χ2n) is 4.92. The van der Waals surface area contributed by atoms with Gasteiger partial charge in [-0.1, -0.05) is 35.3 Å². The molecule has 5 heteroatoms. The molecule has 2 N–H and O–H groups in total. The standard InChI is InChI=1S/C16H16Cl2N2O/c1-10(2)19-14-6-4-3-5-12(14)16(21)20-15-9-11(17)7-8-13(15)18/h3-10,19H,1-2H3,(H,20,21). The van der Waals surface area contributed by atoms with Crippen LogP contribution in [0, 0.1) is 0 Å². The predicted octanol–water partition coefficient (Wildman–Crippen LogP) is 5.07. The van der Waals surface area contributed by atoms with Gasteiger partial charge in [0.15, 0.2) is 0 Å². The van der Waals surface area contributed by atoms with Crippen molar-refractivity contribution in [3.8, 4) is 0 Å². The number of amides is 1. The summed E-state index contributed by atoms with van der Waals surface area (Å²) in [6, 6.07) is 12.5. The van der Waals surface area contributed by atoms with Crippen molar-refractivity contribution in [3.63, 3.8) is 0 Å². The molecule has 0 aliphatic heterocycles. The molecule has 0 aliphatic rings. The van der Waals surface area contributed by atoms with Crippen LogP contribution in [0.5, 0.6) is 0 Å². The van der Waals surface area contributed by atoms with Gasteiger partial charge in [0.1, 0.15) is 0 Å². The fraction of sp³-hybridized carbons (Fsp3) is 0.188. The minimum Gasteiger partial charge on any atom is -0.382 e. The molecule has 3 nitrogen and oxygen atoms in total. The first-order valence-electron chi connectivity index (χ1n) is 6.59. The maximum absolute atomic E-state index is 12.4. The van der Waals surface area contributed by atoms with Gasteiger partial charge >= 0.3 is 0 Å². The third kappa shape index (κ3) is 4.13. The number of halogens is 2. The Balaban J connectivity index is 2.26. The second-order valence-corrected chi connectivity index (χ2v) is 5.77. The zero-order chi connectivity index (χ0) is 15.4. The Labute approximate surface area is 134 Å². The van der Waals surface area contributed by atoms with Crippen LogP contribution < -0.4 is 10.6 Å². The molecule has 0 heterocycles. The van der Waals surface area contributed by atoms with Crippen LogP contribution in [-0.2, 0) is 0 Å². The highest BCUT2D eigenvalue weighted by molar-refractivity contribution is 6.36. The molecule has 2 aromatic carbocycles. The van der Waals surface area contributed by atoms with E-state index in [-0.39, 0.29) is 11.9 Å². The van der Waals surface area contributed by atoms with Crippen LogP contribution in [0.4, 0.5) is 11.4 Å². The van der Waals surface area contributed by atoms with Crippen molar-refractivity contribution >= 4 is 40.5 Å². The Morgan fingerprint density at radius 1 is 1.05 bits per heavy atom. The normalized spacial score (nSPS) is 10.5. The number of hydrogen-bond acceptors (Lipinski definition) is 2. The van der Waals surface area contributed by atoms with Gasteiger partial charge < -0.3 is 10.6 Å². The maximum atomic E-state index is 12.4. The summed E-state index contributed by atoms with van der Waals surface area (Å²) in [6.45, 7) is 4.03. The summed E-state index contributed by atoms with van der Waals surface area (Å²) in [5.74, 6) is -0.233. The minimum atomic E-state index is -0.233. The van der Waals surface area contributed by atoms with Crippen LogP contribution in [0.25, 0.3) is 0 Å². The van der Waals surface area contributed by atoms with Crippen LogP contribution >= 0.6 is 23.2 Å². The molecule has 2 rings (SSSR count). The smallest absolute Gasteiger partial charge is 0.257 e. The number of carbonyl (C=O) groups is 1. The van der Waals surface area contributed by atoms with Crippen LogP contribution in [0.2, 0.25) is 10.0 Å². The van der Waals surface area contributed by atoms with Crippen molar-refractivity contribution in [1.29, 1.82) is 0 Å². The van der Waals surface area contributed by atoms with E-state index < -0.39 is 0 Å². The van der Waals surface area contributed by atoms with Crippen LogP contribution in [-0.4, -0.2) is 11.9 Å². The van der Waals surface area contributed by atoms with Gasteiger partial charge in [0.2, 0.25) is 0 Å². The highest BCUT2D eigenvalue weighted by Gasteiger charge is 2.13. The Bertz CT molecular complexity index is 656. The number of carbonyl (C=O) groups excluding carboxylic acids is 1. The summed E-state index contributed by atoms with van der Waals surface area (Å²) >= 11 is 12.0. The minimum absolute atomic E-state index is 0.230. The van der Waals surface area contributed by atoms with E-state index in [4.69, 9.17) is 23.2 Å². The molecule has 0 bridgehead atoms.